The van der Waals surface area contributed by atoms with Crippen molar-refractivity contribution in [1.29, 1.82) is 0 Å². The van der Waals surface area contributed by atoms with Crippen molar-refractivity contribution in [1.82, 2.24) is 4.90 Å². The maximum absolute atomic E-state index is 5.39. The number of aliphatic imine (C=N–C) groups is 1. The van der Waals surface area contributed by atoms with Crippen LogP contribution in [0.4, 0.5) is 17.1 Å². The monoisotopic (exact) mass is 666 g/mol. The number of methoxy groups -OCH3 is 2. The number of azo groups is 1. The summed E-state index contributed by atoms with van der Waals surface area (Å²) in [5.41, 5.74) is 6.01. The normalized spacial score (nSPS) is 11.2. The van der Waals surface area contributed by atoms with Crippen LogP contribution in [0, 0.1) is 0 Å². The lowest BCUT2D eigenvalue weighted by Gasteiger charge is -2.26. The highest BCUT2D eigenvalue weighted by molar-refractivity contribution is 8.93. The van der Waals surface area contributed by atoms with Gasteiger partial charge in [-0.3, -0.25) is 0 Å². The summed E-state index contributed by atoms with van der Waals surface area (Å²) < 4.78 is 10.8. The van der Waals surface area contributed by atoms with Gasteiger partial charge in [-0.1, -0.05) is 84.6 Å². The highest BCUT2D eigenvalue weighted by Crippen LogP contribution is 2.27. The Morgan fingerprint density at radius 1 is 0.545 bits per heavy atom. The van der Waals surface area contributed by atoms with E-state index >= 15 is 0 Å². The summed E-state index contributed by atoms with van der Waals surface area (Å²) >= 11 is 1.73. The van der Waals surface area contributed by atoms with Gasteiger partial charge in [0, 0.05) is 18.8 Å². The number of amidine groups is 1. The molecule has 0 heterocycles. The van der Waals surface area contributed by atoms with Crippen LogP contribution < -0.4 is 9.47 Å². The molecule has 0 bridgehead atoms. The molecule has 0 aliphatic rings. The Balaban J connectivity index is 0.00000442. The number of ether oxygens (including phenoxy) is 2. The zero-order valence-electron chi connectivity index (χ0n) is 24.7. The van der Waals surface area contributed by atoms with E-state index in [1.54, 1.807) is 26.0 Å². The summed E-state index contributed by atoms with van der Waals surface area (Å²) in [7, 11) is 3.37. The smallest absolute Gasteiger partial charge is 0.165 e. The van der Waals surface area contributed by atoms with Crippen LogP contribution in [0.15, 0.2) is 149 Å². The van der Waals surface area contributed by atoms with Crippen LogP contribution in [0.1, 0.15) is 16.7 Å². The van der Waals surface area contributed by atoms with E-state index in [0.717, 1.165) is 39.5 Å². The molecule has 0 fully saturated rings. The van der Waals surface area contributed by atoms with Crippen molar-refractivity contribution >= 4 is 51.0 Å². The largest absolute Gasteiger partial charge is 0.497 e. The SMILES string of the molecule is Br.COc1ccc(CN(Cc2ccc(OC)cc2)C(=Nc2ccc(N=Nc3ccccc3)cc2)SCc2ccccc2)cc1. The molecule has 0 amide bonds. The van der Waals surface area contributed by atoms with E-state index in [4.69, 9.17) is 14.5 Å². The summed E-state index contributed by atoms with van der Waals surface area (Å²) in [4.78, 5) is 7.50. The minimum Gasteiger partial charge on any atom is -0.497 e. The molecule has 0 aliphatic heterocycles. The first-order valence-electron chi connectivity index (χ1n) is 14.0. The van der Waals surface area contributed by atoms with E-state index in [9.17, 15) is 0 Å². The van der Waals surface area contributed by atoms with Gasteiger partial charge in [0.25, 0.3) is 0 Å². The lowest BCUT2D eigenvalue weighted by molar-refractivity contribution is 0.405. The molecule has 8 heteroatoms. The van der Waals surface area contributed by atoms with Gasteiger partial charge in [-0.25, -0.2) is 4.99 Å². The van der Waals surface area contributed by atoms with E-state index in [-0.39, 0.29) is 17.0 Å². The topological polar surface area (TPSA) is 58.8 Å². The van der Waals surface area contributed by atoms with Gasteiger partial charge in [-0.15, -0.1) is 17.0 Å². The van der Waals surface area contributed by atoms with Gasteiger partial charge in [0.2, 0.25) is 0 Å². The fourth-order valence-electron chi connectivity index (χ4n) is 4.32. The summed E-state index contributed by atoms with van der Waals surface area (Å²) in [6, 6.07) is 44.5. The molecular formula is C36H35BrN4O2S. The predicted molar refractivity (Wildman–Crippen MR) is 187 cm³/mol. The minimum atomic E-state index is 0. The Labute approximate surface area is 274 Å². The molecular weight excluding hydrogens is 632 g/mol. The molecule has 0 aliphatic carbocycles. The molecule has 0 saturated carbocycles. The van der Waals surface area contributed by atoms with Crippen molar-refractivity contribution in [2.75, 3.05) is 14.2 Å². The standard InChI is InChI=1S/C36H34N4O2S.BrH/c1-41-34-21-13-28(14-22-34)25-40(26-29-15-23-35(42-2)24-16-29)36(43-27-30-9-5-3-6-10-30)37-31-17-19-33(20-18-31)39-38-32-11-7-4-8-12-32;/h3-24H,25-27H2,1-2H3;1H. The van der Waals surface area contributed by atoms with E-state index in [1.807, 2.05) is 84.9 Å². The van der Waals surface area contributed by atoms with Crippen LogP contribution in [0.3, 0.4) is 0 Å². The number of halogens is 1. The van der Waals surface area contributed by atoms with Crippen molar-refractivity contribution in [3.8, 4) is 11.5 Å². The van der Waals surface area contributed by atoms with Crippen LogP contribution in [0.5, 0.6) is 11.5 Å². The zero-order valence-corrected chi connectivity index (χ0v) is 27.3. The van der Waals surface area contributed by atoms with Crippen LogP contribution in [0.2, 0.25) is 0 Å². The van der Waals surface area contributed by atoms with Crippen molar-refractivity contribution < 1.29 is 9.47 Å². The van der Waals surface area contributed by atoms with Crippen molar-refractivity contribution in [2.24, 2.45) is 15.2 Å². The van der Waals surface area contributed by atoms with Crippen LogP contribution in [0.25, 0.3) is 0 Å². The van der Waals surface area contributed by atoms with Gasteiger partial charge in [0.05, 0.1) is 31.3 Å². The first-order valence-corrected chi connectivity index (χ1v) is 15.0. The lowest BCUT2D eigenvalue weighted by Crippen LogP contribution is -2.28. The fourth-order valence-corrected chi connectivity index (χ4v) is 5.29. The number of benzene rings is 5. The molecule has 0 radical (unpaired) electrons. The quantitative estimate of drug-likeness (QED) is 0.0799. The molecule has 0 spiro atoms. The number of nitrogens with zero attached hydrogens (tertiary/aromatic N) is 4. The van der Waals surface area contributed by atoms with Gasteiger partial charge in [-0.05, 0) is 77.4 Å². The van der Waals surface area contributed by atoms with Crippen molar-refractivity contribution in [3.63, 3.8) is 0 Å². The average molecular weight is 668 g/mol. The Bertz CT molecular complexity index is 1560. The molecule has 5 rings (SSSR count). The molecule has 5 aromatic rings. The average Bonchev–Trinajstić information content (AvgIpc) is 3.07. The second-order valence-corrected chi connectivity index (χ2v) is 10.7. The van der Waals surface area contributed by atoms with Gasteiger partial charge < -0.3 is 14.4 Å². The molecule has 0 atom stereocenters. The second kappa shape index (κ2) is 17.0. The Hall–Kier alpha value is -4.40. The summed E-state index contributed by atoms with van der Waals surface area (Å²) in [6.07, 6.45) is 0. The maximum atomic E-state index is 5.39. The third kappa shape index (κ3) is 9.82. The Morgan fingerprint density at radius 2 is 1.00 bits per heavy atom. The van der Waals surface area contributed by atoms with Gasteiger partial charge in [-0.2, -0.15) is 10.2 Å². The highest BCUT2D eigenvalue weighted by Gasteiger charge is 2.15. The van der Waals surface area contributed by atoms with Gasteiger partial charge >= 0.3 is 0 Å². The third-order valence-corrected chi connectivity index (χ3v) is 7.74. The number of hydrogen-bond acceptors (Lipinski definition) is 6. The molecule has 5 aromatic carbocycles. The van der Waals surface area contributed by atoms with Crippen LogP contribution in [-0.4, -0.2) is 24.3 Å². The first-order chi connectivity index (χ1) is 21.2. The molecule has 44 heavy (non-hydrogen) atoms. The number of hydrogen-bond donors (Lipinski definition) is 0. The van der Waals surface area contributed by atoms with E-state index in [0.29, 0.717) is 13.1 Å². The molecule has 0 saturated heterocycles. The van der Waals surface area contributed by atoms with Crippen LogP contribution >= 0.6 is 28.7 Å². The maximum Gasteiger partial charge on any atom is 0.165 e. The fraction of sp³-hybridized carbons (Fsp3) is 0.139. The van der Waals surface area contributed by atoms with E-state index in [1.165, 1.54) is 16.7 Å². The summed E-state index contributed by atoms with van der Waals surface area (Å²) in [5.74, 6) is 2.47. The van der Waals surface area contributed by atoms with E-state index < -0.39 is 0 Å². The third-order valence-electron chi connectivity index (χ3n) is 6.66. The summed E-state index contributed by atoms with van der Waals surface area (Å²) in [5, 5.41) is 9.65. The number of thioether (sulfide) groups is 1. The van der Waals surface area contributed by atoms with E-state index in [2.05, 4.69) is 63.7 Å². The van der Waals surface area contributed by atoms with Gasteiger partial charge in [0.1, 0.15) is 11.5 Å². The molecule has 0 unspecified atom stereocenters. The lowest BCUT2D eigenvalue weighted by atomic mass is 10.1. The Morgan fingerprint density at radius 3 is 1.50 bits per heavy atom. The minimum absolute atomic E-state index is 0. The first kappa shape index (κ1) is 32.5. The predicted octanol–water partition coefficient (Wildman–Crippen LogP) is 10.3. The zero-order chi connectivity index (χ0) is 29.7. The summed E-state index contributed by atoms with van der Waals surface area (Å²) in [6.45, 7) is 1.36. The molecule has 0 aromatic heterocycles. The van der Waals surface area contributed by atoms with Crippen LogP contribution in [-0.2, 0) is 18.8 Å². The molecule has 0 N–H and O–H groups in total. The highest BCUT2D eigenvalue weighted by atomic mass is 79.9. The second-order valence-electron chi connectivity index (χ2n) is 9.77. The molecule has 6 nitrogen and oxygen atoms in total. The van der Waals surface area contributed by atoms with Crippen molar-refractivity contribution in [3.05, 3.63) is 150 Å². The van der Waals surface area contributed by atoms with Gasteiger partial charge in [0.15, 0.2) is 5.17 Å². The van der Waals surface area contributed by atoms with Crippen molar-refractivity contribution in [2.45, 2.75) is 18.8 Å². The Kier molecular flexibility index (Phi) is 12.6. The number of rotatable bonds is 11. The molecule has 224 valence electrons.